The smallest absolute Gasteiger partial charge is 0.257 e. The number of carbonyl (C=O) groups is 2. The van der Waals surface area contributed by atoms with Crippen LogP contribution in [0.25, 0.3) is 11.8 Å². The molecule has 0 unspecified atom stereocenters. The largest absolute Gasteiger partial charge is 0.343 e. The highest BCUT2D eigenvalue weighted by molar-refractivity contribution is 6.30. The first-order valence-electron chi connectivity index (χ1n) is 7.55. The zero-order chi connectivity index (χ0) is 18.1. The molecule has 0 heterocycles. The highest BCUT2D eigenvalue weighted by Gasteiger charge is 2.04. The number of benzene rings is 2. The molecule has 25 heavy (non-hydrogen) atoms. The average Bonchev–Trinajstić information content (AvgIpc) is 2.64. The van der Waals surface area contributed by atoms with Crippen LogP contribution >= 0.6 is 11.6 Å². The molecule has 0 saturated carbocycles. The van der Waals surface area contributed by atoms with Crippen LogP contribution in [0.1, 0.15) is 11.1 Å². The van der Waals surface area contributed by atoms with Crippen LogP contribution in [0, 0.1) is 0 Å². The van der Waals surface area contributed by atoms with Gasteiger partial charge in [0.1, 0.15) is 0 Å². The Bertz CT molecular complexity index is 771. The maximum absolute atomic E-state index is 11.7. The molecule has 2 aromatic rings. The summed E-state index contributed by atoms with van der Waals surface area (Å²) < 4.78 is 0. The molecule has 0 spiro atoms. The van der Waals surface area contributed by atoms with Crippen molar-refractivity contribution in [3.8, 4) is 0 Å². The van der Waals surface area contributed by atoms with Crippen molar-refractivity contribution in [1.82, 2.24) is 16.2 Å². The normalized spacial score (nSPS) is 10.3. The van der Waals surface area contributed by atoms with Crippen molar-refractivity contribution in [2.75, 3.05) is 6.54 Å². The third kappa shape index (κ3) is 6.53. The average molecular weight is 356 g/mol. The molecule has 0 aliphatic heterocycles. The van der Waals surface area contributed by atoms with Crippen molar-refractivity contribution in [2.45, 2.75) is 0 Å². The Hall–Kier alpha value is -3.05. The number of hydrazine groups is 1. The molecule has 2 aromatic carbocycles. The summed E-state index contributed by atoms with van der Waals surface area (Å²) in [6.07, 6.45) is 3.05. The van der Waals surface area contributed by atoms with E-state index in [4.69, 9.17) is 11.6 Å². The molecule has 0 fully saturated rings. The molecule has 0 aliphatic carbocycles. The number of hydrogen-bond donors (Lipinski definition) is 3. The summed E-state index contributed by atoms with van der Waals surface area (Å²) in [7, 11) is 0. The lowest BCUT2D eigenvalue weighted by atomic mass is 10.2. The predicted molar refractivity (Wildman–Crippen MR) is 100 cm³/mol. The fraction of sp³-hybridized carbons (Fsp3) is 0.0526. The third-order valence-corrected chi connectivity index (χ3v) is 3.45. The lowest BCUT2D eigenvalue weighted by molar-refractivity contribution is -0.124. The van der Waals surface area contributed by atoms with E-state index in [0.29, 0.717) is 10.7 Å². The molecule has 0 aromatic heterocycles. The van der Waals surface area contributed by atoms with E-state index in [1.807, 2.05) is 30.3 Å². The van der Waals surface area contributed by atoms with E-state index < -0.39 is 5.91 Å². The molecular formula is C19H18ClN3O2. The minimum atomic E-state index is -0.392. The zero-order valence-corrected chi connectivity index (χ0v) is 14.2. The minimum Gasteiger partial charge on any atom is -0.343 e. The van der Waals surface area contributed by atoms with E-state index in [1.165, 1.54) is 6.08 Å². The second-order valence-electron chi connectivity index (χ2n) is 5.12. The lowest BCUT2D eigenvalue weighted by Gasteiger charge is -2.11. The Balaban J connectivity index is 1.71. The number of rotatable bonds is 7. The van der Waals surface area contributed by atoms with Crippen molar-refractivity contribution in [2.24, 2.45) is 0 Å². The Kier molecular flexibility index (Phi) is 6.80. The second-order valence-corrected chi connectivity index (χ2v) is 5.56. The summed E-state index contributed by atoms with van der Waals surface area (Å²) >= 11 is 5.81. The number of halogens is 1. The van der Waals surface area contributed by atoms with Gasteiger partial charge in [-0.2, -0.15) is 0 Å². The van der Waals surface area contributed by atoms with E-state index in [-0.39, 0.29) is 12.5 Å². The van der Waals surface area contributed by atoms with E-state index in [1.54, 1.807) is 30.3 Å². The van der Waals surface area contributed by atoms with Gasteiger partial charge in [-0.1, -0.05) is 60.6 Å². The van der Waals surface area contributed by atoms with E-state index >= 15 is 0 Å². The van der Waals surface area contributed by atoms with Crippen LogP contribution in [0.4, 0.5) is 0 Å². The van der Waals surface area contributed by atoms with Gasteiger partial charge in [0.25, 0.3) is 5.91 Å². The second kappa shape index (κ2) is 9.30. The first-order chi connectivity index (χ1) is 12.0. The molecule has 2 amide bonds. The van der Waals surface area contributed by atoms with Gasteiger partial charge in [0, 0.05) is 11.1 Å². The van der Waals surface area contributed by atoms with Gasteiger partial charge in [-0.3, -0.25) is 20.4 Å². The van der Waals surface area contributed by atoms with Crippen molar-refractivity contribution >= 4 is 35.2 Å². The van der Waals surface area contributed by atoms with E-state index in [9.17, 15) is 9.59 Å². The summed E-state index contributed by atoms with van der Waals surface area (Å²) in [6.45, 7) is 3.66. The highest BCUT2D eigenvalue weighted by Crippen LogP contribution is 2.13. The molecule has 6 heteroatoms. The summed E-state index contributed by atoms with van der Waals surface area (Å²) in [5.41, 5.74) is 7.37. The van der Waals surface area contributed by atoms with Crippen LogP contribution < -0.4 is 16.2 Å². The first-order valence-corrected chi connectivity index (χ1v) is 7.93. The molecule has 128 valence electrons. The Morgan fingerprint density at radius 2 is 1.68 bits per heavy atom. The standard InChI is InChI=1S/C19H18ClN3O2/c1-14(16-8-10-17(20)11-9-16)22-23-19(25)13-21-18(24)12-7-15-5-3-2-4-6-15/h2-12,22H,1,13H2,(H,21,24)(H,23,25)/b12-7+. The zero-order valence-electron chi connectivity index (χ0n) is 13.5. The van der Waals surface area contributed by atoms with E-state index in [2.05, 4.69) is 22.7 Å². The van der Waals surface area contributed by atoms with Crippen LogP contribution in [-0.2, 0) is 9.59 Å². The molecule has 0 bridgehead atoms. The molecule has 0 radical (unpaired) electrons. The Morgan fingerprint density at radius 3 is 2.36 bits per heavy atom. The molecular weight excluding hydrogens is 338 g/mol. The van der Waals surface area contributed by atoms with Gasteiger partial charge in [-0.05, 0) is 29.3 Å². The summed E-state index contributed by atoms with van der Waals surface area (Å²) in [4.78, 5) is 23.4. The summed E-state index contributed by atoms with van der Waals surface area (Å²) in [5.74, 6) is -0.743. The van der Waals surface area contributed by atoms with Crippen molar-refractivity contribution in [3.63, 3.8) is 0 Å². The summed E-state index contributed by atoms with van der Waals surface area (Å²) in [6, 6.07) is 16.4. The van der Waals surface area contributed by atoms with Gasteiger partial charge in [-0.15, -0.1) is 0 Å². The quantitative estimate of drug-likeness (QED) is 0.528. The van der Waals surface area contributed by atoms with E-state index in [0.717, 1.165) is 11.1 Å². The van der Waals surface area contributed by atoms with Gasteiger partial charge in [0.05, 0.1) is 12.2 Å². The molecule has 0 saturated heterocycles. The topological polar surface area (TPSA) is 70.2 Å². The Morgan fingerprint density at radius 1 is 1.00 bits per heavy atom. The number of amides is 2. The molecule has 0 aliphatic rings. The molecule has 3 N–H and O–H groups in total. The molecule has 5 nitrogen and oxygen atoms in total. The highest BCUT2D eigenvalue weighted by atomic mass is 35.5. The van der Waals surface area contributed by atoms with Crippen LogP contribution in [0.5, 0.6) is 0 Å². The van der Waals surface area contributed by atoms with Gasteiger partial charge < -0.3 is 5.32 Å². The van der Waals surface area contributed by atoms with Gasteiger partial charge in [0.15, 0.2) is 0 Å². The third-order valence-electron chi connectivity index (χ3n) is 3.20. The fourth-order valence-electron chi connectivity index (χ4n) is 1.87. The molecule has 2 rings (SSSR count). The number of carbonyl (C=O) groups excluding carboxylic acids is 2. The van der Waals surface area contributed by atoms with Crippen LogP contribution in [-0.4, -0.2) is 18.4 Å². The van der Waals surface area contributed by atoms with Gasteiger partial charge in [-0.25, -0.2) is 0 Å². The lowest BCUT2D eigenvalue weighted by Crippen LogP contribution is -2.42. The first kappa shape index (κ1) is 18.3. The van der Waals surface area contributed by atoms with Crippen LogP contribution in [0.2, 0.25) is 5.02 Å². The SMILES string of the molecule is C=C(NNC(=O)CNC(=O)/C=C/c1ccccc1)c1ccc(Cl)cc1. The minimum absolute atomic E-state index is 0.154. The fourth-order valence-corrected chi connectivity index (χ4v) is 2.00. The van der Waals surface area contributed by atoms with Gasteiger partial charge >= 0.3 is 0 Å². The van der Waals surface area contributed by atoms with Crippen molar-refractivity contribution in [1.29, 1.82) is 0 Å². The van der Waals surface area contributed by atoms with Crippen LogP contribution in [0.15, 0.2) is 67.3 Å². The molecule has 0 atom stereocenters. The predicted octanol–water partition coefficient (Wildman–Crippen LogP) is 2.76. The number of hydrogen-bond acceptors (Lipinski definition) is 3. The van der Waals surface area contributed by atoms with Crippen molar-refractivity contribution < 1.29 is 9.59 Å². The van der Waals surface area contributed by atoms with Gasteiger partial charge in [0.2, 0.25) is 5.91 Å². The monoisotopic (exact) mass is 355 g/mol. The maximum Gasteiger partial charge on any atom is 0.257 e. The number of nitrogens with one attached hydrogen (secondary N) is 3. The Labute approximate surface area is 151 Å². The van der Waals surface area contributed by atoms with Crippen LogP contribution in [0.3, 0.4) is 0 Å². The summed E-state index contributed by atoms with van der Waals surface area (Å²) in [5, 5.41) is 3.12. The van der Waals surface area contributed by atoms with Crippen molar-refractivity contribution in [3.05, 3.63) is 83.4 Å². The maximum atomic E-state index is 11.7.